The van der Waals surface area contributed by atoms with Crippen LogP contribution in [-0.4, -0.2) is 35.5 Å². The molecular formula is C16H27N3O3. The number of aryl methyl sites for hydroxylation is 2. The second-order valence-electron chi connectivity index (χ2n) is 5.70. The Hall–Kier alpha value is -1.56. The molecule has 1 aliphatic heterocycles. The molecule has 1 aromatic heterocycles. The van der Waals surface area contributed by atoms with Crippen LogP contribution in [0.4, 0.5) is 0 Å². The smallest absolute Gasteiger partial charge is 0.226 e. The monoisotopic (exact) mass is 309 g/mol. The minimum atomic E-state index is -0.0495. The van der Waals surface area contributed by atoms with Crippen molar-refractivity contribution >= 4 is 5.91 Å². The zero-order chi connectivity index (χ0) is 16.1. The highest BCUT2D eigenvalue weighted by atomic mass is 16.5. The first kappa shape index (κ1) is 16.8. The van der Waals surface area contributed by atoms with Crippen LogP contribution in [-0.2, 0) is 29.5 Å². The van der Waals surface area contributed by atoms with Crippen LogP contribution in [0, 0.1) is 5.92 Å². The van der Waals surface area contributed by atoms with E-state index in [-0.39, 0.29) is 17.9 Å². The molecule has 2 rings (SSSR count). The summed E-state index contributed by atoms with van der Waals surface area (Å²) in [4.78, 5) is 12.5. The molecule has 2 atom stereocenters. The summed E-state index contributed by atoms with van der Waals surface area (Å²) in [5, 5.41) is 7.48. The fourth-order valence-electron chi connectivity index (χ4n) is 3.17. The van der Waals surface area contributed by atoms with E-state index in [1.807, 2.05) is 7.05 Å². The molecule has 0 bridgehead atoms. The van der Waals surface area contributed by atoms with Crippen molar-refractivity contribution in [1.82, 2.24) is 15.1 Å². The fraction of sp³-hybridized carbons (Fsp3) is 0.750. The van der Waals surface area contributed by atoms with Gasteiger partial charge in [0.2, 0.25) is 11.8 Å². The fourth-order valence-corrected chi connectivity index (χ4v) is 3.17. The Balaban J connectivity index is 2.04. The third kappa shape index (κ3) is 3.43. The maximum Gasteiger partial charge on any atom is 0.226 e. The summed E-state index contributed by atoms with van der Waals surface area (Å²) >= 11 is 0. The molecule has 1 saturated heterocycles. The first-order valence-corrected chi connectivity index (χ1v) is 8.10. The number of ether oxygens (including phenoxy) is 2. The molecule has 2 heterocycles. The third-order valence-corrected chi connectivity index (χ3v) is 4.32. The zero-order valence-electron chi connectivity index (χ0n) is 14.0. The van der Waals surface area contributed by atoms with Crippen LogP contribution in [0.3, 0.4) is 0 Å². The van der Waals surface area contributed by atoms with E-state index in [2.05, 4.69) is 24.3 Å². The molecule has 0 aliphatic carbocycles. The highest BCUT2D eigenvalue weighted by Gasteiger charge is 2.30. The molecule has 6 nitrogen and oxygen atoms in total. The molecule has 1 aliphatic rings. The van der Waals surface area contributed by atoms with Gasteiger partial charge in [-0.15, -0.1) is 0 Å². The van der Waals surface area contributed by atoms with Gasteiger partial charge in [-0.05, 0) is 25.7 Å². The van der Waals surface area contributed by atoms with Crippen molar-refractivity contribution in [3.63, 3.8) is 0 Å². The Kier molecular flexibility index (Phi) is 5.83. The Bertz CT molecular complexity index is 513. The van der Waals surface area contributed by atoms with E-state index in [4.69, 9.17) is 9.47 Å². The van der Waals surface area contributed by atoms with Gasteiger partial charge in [0.05, 0.1) is 30.4 Å². The topological polar surface area (TPSA) is 65.4 Å². The number of rotatable bonds is 6. The second kappa shape index (κ2) is 7.63. The number of carbonyl (C=O) groups is 1. The largest absolute Gasteiger partial charge is 0.481 e. The van der Waals surface area contributed by atoms with Gasteiger partial charge in [-0.25, -0.2) is 4.68 Å². The average Bonchev–Trinajstić information content (AvgIpc) is 2.87. The van der Waals surface area contributed by atoms with Gasteiger partial charge in [-0.2, -0.15) is 5.10 Å². The number of nitrogens with one attached hydrogen (secondary N) is 1. The lowest BCUT2D eigenvalue weighted by molar-refractivity contribution is -0.134. The molecule has 0 spiro atoms. The molecule has 2 unspecified atom stereocenters. The highest BCUT2D eigenvalue weighted by Crippen LogP contribution is 2.25. The predicted octanol–water partition coefficient (Wildman–Crippen LogP) is 1.81. The van der Waals surface area contributed by atoms with Gasteiger partial charge in [0.1, 0.15) is 0 Å². The summed E-state index contributed by atoms with van der Waals surface area (Å²) in [5.41, 5.74) is 1.93. The van der Waals surface area contributed by atoms with Crippen molar-refractivity contribution < 1.29 is 14.3 Å². The second-order valence-corrected chi connectivity index (χ2v) is 5.70. The van der Waals surface area contributed by atoms with E-state index in [0.717, 1.165) is 43.5 Å². The number of amides is 1. The molecule has 1 aromatic rings. The SMILES string of the molecule is CCc1nn(C)c(OC)c1CNC(=O)C1CCCOC1CC. The molecule has 0 saturated carbocycles. The van der Waals surface area contributed by atoms with Crippen LogP contribution >= 0.6 is 0 Å². The molecule has 22 heavy (non-hydrogen) atoms. The summed E-state index contributed by atoms with van der Waals surface area (Å²) in [6.07, 6.45) is 3.57. The van der Waals surface area contributed by atoms with E-state index < -0.39 is 0 Å². The van der Waals surface area contributed by atoms with Crippen LogP contribution in [0.15, 0.2) is 0 Å². The number of hydrogen-bond donors (Lipinski definition) is 1. The summed E-state index contributed by atoms with van der Waals surface area (Å²) in [6, 6.07) is 0. The van der Waals surface area contributed by atoms with Crippen molar-refractivity contribution in [3.05, 3.63) is 11.3 Å². The molecule has 0 radical (unpaired) electrons. The standard InChI is InChI=1S/C16H27N3O3/c1-5-13-12(16(21-4)19(3)18-13)10-17-15(20)11-8-7-9-22-14(11)6-2/h11,14H,5-10H2,1-4H3,(H,17,20). The number of carbonyl (C=O) groups excluding carboxylic acids is 1. The molecule has 124 valence electrons. The number of nitrogens with zero attached hydrogens (tertiary/aromatic N) is 2. The maximum absolute atomic E-state index is 12.5. The lowest BCUT2D eigenvalue weighted by Crippen LogP contribution is -2.41. The van der Waals surface area contributed by atoms with Crippen molar-refractivity contribution in [2.45, 2.75) is 52.2 Å². The molecule has 0 aromatic carbocycles. The van der Waals surface area contributed by atoms with Gasteiger partial charge in [-0.3, -0.25) is 4.79 Å². The van der Waals surface area contributed by atoms with Gasteiger partial charge in [0.25, 0.3) is 0 Å². The molecule has 1 N–H and O–H groups in total. The average molecular weight is 309 g/mol. The number of methoxy groups -OCH3 is 1. The quantitative estimate of drug-likeness (QED) is 0.870. The van der Waals surface area contributed by atoms with Crippen molar-refractivity contribution in [2.24, 2.45) is 13.0 Å². The Labute approximate surface area is 132 Å². The Morgan fingerprint density at radius 1 is 1.50 bits per heavy atom. The summed E-state index contributed by atoms with van der Waals surface area (Å²) < 4.78 is 12.8. The van der Waals surface area contributed by atoms with Gasteiger partial charge in [0.15, 0.2) is 0 Å². The minimum Gasteiger partial charge on any atom is -0.481 e. The minimum absolute atomic E-state index is 0.0372. The Morgan fingerprint density at radius 3 is 2.91 bits per heavy atom. The summed E-state index contributed by atoms with van der Waals surface area (Å²) in [6.45, 7) is 5.33. The van der Waals surface area contributed by atoms with Gasteiger partial charge >= 0.3 is 0 Å². The molecular weight excluding hydrogens is 282 g/mol. The summed E-state index contributed by atoms with van der Waals surface area (Å²) in [7, 11) is 3.48. The van der Waals surface area contributed by atoms with E-state index >= 15 is 0 Å². The number of hydrogen-bond acceptors (Lipinski definition) is 4. The third-order valence-electron chi connectivity index (χ3n) is 4.32. The lowest BCUT2D eigenvalue weighted by Gasteiger charge is -2.30. The highest BCUT2D eigenvalue weighted by molar-refractivity contribution is 5.79. The van der Waals surface area contributed by atoms with E-state index in [0.29, 0.717) is 12.4 Å². The van der Waals surface area contributed by atoms with Gasteiger partial charge in [0, 0.05) is 20.2 Å². The van der Waals surface area contributed by atoms with Crippen LogP contribution in [0.5, 0.6) is 5.88 Å². The molecule has 1 fully saturated rings. The summed E-state index contributed by atoms with van der Waals surface area (Å²) in [5.74, 6) is 0.732. The van der Waals surface area contributed by atoms with Crippen LogP contribution in [0.1, 0.15) is 44.4 Å². The predicted molar refractivity (Wildman–Crippen MR) is 83.7 cm³/mol. The van der Waals surface area contributed by atoms with Crippen LogP contribution in [0.2, 0.25) is 0 Å². The molecule has 1 amide bonds. The van der Waals surface area contributed by atoms with E-state index in [1.165, 1.54) is 0 Å². The lowest BCUT2D eigenvalue weighted by atomic mass is 9.92. The van der Waals surface area contributed by atoms with Crippen molar-refractivity contribution in [1.29, 1.82) is 0 Å². The number of aromatic nitrogens is 2. The molecule has 6 heteroatoms. The van der Waals surface area contributed by atoms with Crippen LogP contribution < -0.4 is 10.1 Å². The van der Waals surface area contributed by atoms with Crippen molar-refractivity contribution in [2.75, 3.05) is 13.7 Å². The Morgan fingerprint density at radius 2 is 2.27 bits per heavy atom. The first-order chi connectivity index (χ1) is 10.6. The van der Waals surface area contributed by atoms with Gasteiger partial charge < -0.3 is 14.8 Å². The normalized spacial score (nSPS) is 21.6. The van der Waals surface area contributed by atoms with E-state index in [9.17, 15) is 4.79 Å². The maximum atomic E-state index is 12.5. The van der Waals surface area contributed by atoms with Crippen molar-refractivity contribution in [3.8, 4) is 5.88 Å². The van der Waals surface area contributed by atoms with E-state index in [1.54, 1.807) is 11.8 Å². The van der Waals surface area contributed by atoms with Crippen LogP contribution in [0.25, 0.3) is 0 Å². The zero-order valence-corrected chi connectivity index (χ0v) is 14.0. The first-order valence-electron chi connectivity index (χ1n) is 8.10. The van der Waals surface area contributed by atoms with Gasteiger partial charge in [-0.1, -0.05) is 13.8 Å².